The number of halogens is 1. The minimum atomic E-state index is -0.316. The number of hydrogen-bond acceptors (Lipinski definition) is 4. The van der Waals surface area contributed by atoms with E-state index in [0.717, 1.165) is 21.8 Å². The van der Waals surface area contributed by atoms with Gasteiger partial charge in [0.15, 0.2) is 0 Å². The quantitative estimate of drug-likeness (QED) is 0.603. The van der Waals surface area contributed by atoms with E-state index in [0.29, 0.717) is 17.2 Å². The molecule has 0 N–H and O–H groups in total. The Morgan fingerprint density at radius 3 is 2.70 bits per heavy atom. The number of aromatic nitrogens is 1. The van der Waals surface area contributed by atoms with Crippen molar-refractivity contribution in [3.05, 3.63) is 64.5 Å². The molecule has 1 heterocycles. The molecule has 0 fully saturated rings. The molecule has 5 heteroatoms. The van der Waals surface area contributed by atoms with E-state index in [1.807, 2.05) is 47.8 Å². The summed E-state index contributed by atoms with van der Waals surface area (Å²) in [5.74, 6) is -0.316. The molecule has 0 aliphatic heterocycles. The van der Waals surface area contributed by atoms with Crippen molar-refractivity contribution in [2.24, 2.45) is 0 Å². The molecular formula is C18H14ClNO2S. The highest BCUT2D eigenvalue weighted by Gasteiger charge is 2.11. The van der Waals surface area contributed by atoms with Gasteiger partial charge in [-0.2, -0.15) is 0 Å². The van der Waals surface area contributed by atoms with E-state index in [2.05, 4.69) is 4.98 Å². The number of rotatable bonds is 4. The smallest absolute Gasteiger partial charge is 0.338 e. The van der Waals surface area contributed by atoms with Crippen LogP contribution in [-0.4, -0.2) is 17.6 Å². The van der Waals surface area contributed by atoms with Gasteiger partial charge >= 0.3 is 5.97 Å². The van der Waals surface area contributed by atoms with Crippen molar-refractivity contribution in [1.29, 1.82) is 0 Å². The summed E-state index contributed by atoms with van der Waals surface area (Å²) in [5, 5.41) is 3.56. The van der Waals surface area contributed by atoms with E-state index < -0.39 is 0 Å². The van der Waals surface area contributed by atoms with Gasteiger partial charge in [0.1, 0.15) is 5.01 Å². The molecule has 0 unspecified atom stereocenters. The molecular weight excluding hydrogens is 330 g/mol. The summed E-state index contributed by atoms with van der Waals surface area (Å²) in [4.78, 5) is 16.5. The first-order chi connectivity index (χ1) is 11.2. The van der Waals surface area contributed by atoms with Crippen LogP contribution in [0.1, 0.15) is 17.3 Å². The molecule has 0 aliphatic carbocycles. The lowest BCUT2D eigenvalue weighted by atomic mass is 10.1. The number of benzene rings is 2. The van der Waals surface area contributed by atoms with Crippen LogP contribution in [0.4, 0.5) is 0 Å². The molecule has 0 saturated carbocycles. The van der Waals surface area contributed by atoms with Crippen molar-refractivity contribution in [3.63, 3.8) is 0 Å². The predicted octanol–water partition coefficient (Wildman–Crippen LogP) is 5.31. The van der Waals surface area contributed by atoms with Crippen molar-refractivity contribution in [2.75, 3.05) is 6.61 Å². The number of thiazole rings is 1. The number of nitrogens with zero attached hydrogens (tertiary/aromatic N) is 1. The summed E-state index contributed by atoms with van der Waals surface area (Å²) in [6, 6.07) is 14.9. The average Bonchev–Trinajstić information content (AvgIpc) is 3.06. The van der Waals surface area contributed by atoms with Gasteiger partial charge in [-0.15, -0.1) is 11.3 Å². The fraction of sp³-hybridized carbons (Fsp3) is 0.111. The van der Waals surface area contributed by atoms with Crippen molar-refractivity contribution in [3.8, 4) is 21.8 Å². The van der Waals surface area contributed by atoms with Crippen LogP contribution in [0.5, 0.6) is 0 Å². The van der Waals surface area contributed by atoms with Gasteiger partial charge in [-0.25, -0.2) is 9.78 Å². The summed E-state index contributed by atoms with van der Waals surface area (Å²) < 4.78 is 5.04. The highest BCUT2D eigenvalue weighted by Crippen LogP contribution is 2.30. The molecule has 0 radical (unpaired) electrons. The van der Waals surface area contributed by atoms with Crippen LogP contribution in [0.3, 0.4) is 0 Å². The molecule has 3 rings (SSSR count). The van der Waals surface area contributed by atoms with Crippen molar-refractivity contribution >= 4 is 28.9 Å². The predicted molar refractivity (Wildman–Crippen MR) is 94.0 cm³/mol. The highest BCUT2D eigenvalue weighted by atomic mass is 35.5. The second kappa shape index (κ2) is 6.94. The Bertz CT molecular complexity index is 827. The van der Waals surface area contributed by atoms with Crippen LogP contribution in [0.2, 0.25) is 5.02 Å². The number of carbonyl (C=O) groups is 1. The van der Waals surface area contributed by atoms with Crippen LogP contribution in [0, 0.1) is 0 Å². The standard InChI is InChI=1S/C18H14ClNO2S/c1-2-22-18(21)14-5-3-4-13(10-14)17-20-16(11-23-17)12-6-8-15(19)9-7-12/h3-11H,2H2,1H3. The third-order valence-electron chi connectivity index (χ3n) is 3.26. The monoisotopic (exact) mass is 343 g/mol. The maximum Gasteiger partial charge on any atom is 0.338 e. The van der Waals surface area contributed by atoms with Crippen molar-refractivity contribution in [1.82, 2.24) is 4.98 Å². The fourth-order valence-electron chi connectivity index (χ4n) is 2.15. The van der Waals surface area contributed by atoms with E-state index >= 15 is 0 Å². The third kappa shape index (κ3) is 3.60. The minimum Gasteiger partial charge on any atom is -0.462 e. The van der Waals surface area contributed by atoms with Gasteiger partial charge in [0.25, 0.3) is 0 Å². The number of carbonyl (C=O) groups excluding carboxylic acids is 1. The van der Waals surface area contributed by atoms with Crippen LogP contribution in [-0.2, 0) is 4.74 Å². The minimum absolute atomic E-state index is 0.316. The zero-order valence-corrected chi connectivity index (χ0v) is 14.0. The maximum atomic E-state index is 11.8. The first-order valence-electron chi connectivity index (χ1n) is 7.16. The van der Waals surface area contributed by atoms with Crippen molar-refractivity contribution < 1.29 is 9.53 Å². The zero-order chi connectivity index (χ0) is 16.2. The lowest BCUT2D eigenvalue weighted by molar-refractivity contribution is 0.0526. The first kappa shape index (κ1) is 15.7. The fourth-order valence-corrected chi connectivity index (χ4v) is 3.11. The molecule has 3 nitrogen and oxygen atoms in total. The lowest BCUT2D eigenvalue weighted by Crippen LogP contribution is -2.04. The largest absolute Gasteiger partial charge is 0.462 e. The summed E-state index contributed by atoms with van der Waals surface area (Å²) in [6.07, 6.45) is 0. The van der Waals surface area contributed by atoms with Gasteiger partial charge in [0.05, 0.1) is 17.9 Å². The Morgan fingerprint density at radius 2 is 1.96 bits per heavy atom. The van der Waals surface area contributed by atoms with E-state index in [1.54, 1.807) is 13.0 Å². The summed E-state index contributed by atoms with van der Waals surface area (Å²) in [6.45, 7) is 2.15. The summed E-state index contributed by atoms with van der Waals surface area (Å²) in [5.41, 5.74) is 3.34. The van der Waals surface area contributed by atoms with Gasteiger partial charge in [-0.1, -0.05) is 35.9 Å². The Labute approximate surface area is 143 Å². The maximum absolute atomic E-state index is 11.8. The molecule has 2 aromatic carbocycles. The molecule has 3 aromatic rings. The van der Waals surface area contributed by atoms with Gasteiger partial charge < -0.3 is 4.74 Å². The van der Waals surface area contributed by atoms with E-state index in [-0.39, 0.29) is 5.97 Å². The molecule has 1 aromatic heterocycles. The number of hydrogen-bond donors (Lipinski definition) is 0. The molecule has 0 saturated heterocycles. The third-order valence-corrected chi connectivity index (χ3v) is 4.41. The van der Waals surface area contributed by atoms with Crippen LogP contribution >= 0.6 is 22.9 Å². The molecule has 0 aliphatic rings. The summed E-state index contributed by atoms with van der Waals surface area (Å²) >= 11 is 7.45. The van der Waals surface area contributed by atoms with E-state index in [4.69, 9.17) is 16.3 Å². The Balaban J connectivity index is 1.90. The van der Waals surface area contributed by atoms with E-state index in [9.17, 15) is 4.79 Å². The molecule has 0 atom stereocenters. The Morgan fingerprint density at radius 1 is 1.17 bits per heavy atom. The Kier molecular flexibility index (Phi) is 4.74. The molecule has 116 valence electrons. The van der Waals surface area contributed by atoms with Crippen LogP contribution in [0.15, 0.2) is 53.9 Å². The molecule has 0 amide bonds. The number of esters is 1. The molecule has 23 heavy (non-hydrogen) atoms. The molecule has 0 bridgehead atoms. The van der Waals surface area contributed by atoms with Gasteiger partial charge in [0.2, 0.25) is 0 Å². The van der Waals surface area contributed by atoms with Crippen LogP contribution in [0.25, 0.3) is 21.8 Å². The van der Waals surface area contributed by atoms with Gasteiger partial charge in [-0.05, 0) is 31.2 Å². The SMILES string of the molecule is CCOC(=O)c1cccc(-c2nc(-c3ccc(Cl)cc3)cs2)c1. The van der Waals surface area contributed by atoms with Gasteiger partial charge in [0, 0.05) is 21.5 Å². The second-order valence-corrected chi connectivity index (χ2v) is 6.14. The van der Waals surface area contributed by atoms with Crippen molar-refractivity contribution in [2.45, 2.75) is 6.92 Å². The summed E-state index contributed by atoms with van der Waals surface area (Å²) in [7, 11) is 0. The first-order valence-corrected chi connectivity index (χ1v) is 8.42. The normalized spacial score (nSPS) is 10.5. The lowest BCUT2D eigenvalue weighted by Gasteiger charge is -2.03. The highest BCUT2D eigenvalue weighted by molar-refractivity contribution is 7.13. The number of ether oxygens (including phenoxy) is 1. The van der Waals surface area contributed by atoms with Crippen LogP contribution < -0.4 is 0 Å². The Hall–Kier alpha value is -2.17. The molecule has 0 spiro atoms. The topological polar surface area (TPSA) is 39.2 Å². The average molecular weight is 344 g/mol. The zero-order valence-electron chi connectivity index (χ0n) is 12.5. The van der Waals surface area contributed by atoms with Gasteiger partial charge in [-0.3, -0.25) is 0 Å². The second-order valence-electron chi connectivity index (χ2n) is 4.85. The van der Waals surface area contributed by atoms with E-state index in [1.165, 1.54) is 11.3 Å².